The summed E-state index contributed by atoms with van der Waals surface area (Å²) in [7, 11) is 0. The van der Waals surface area contributed by atoms with Crippen LogP contribution in [0.3, 0.4) is 0 Å². The zero-order valence-electron chi connectivity index (χ0n) is 10.00. The Morgan fingerprint density at radius 3 is 2.53 bits per heavy atom. The topological polar surface area (TPSA) is 110 Å². The molecule has 19 heavy (non-hydrogen) atoms. The van der Waals surface area contributed by atoms with Crippen molar-refractivity contribution in [2.75, 3.05) is 5.73 Å². The molecular formula is C12H12N4O3. The van der Waals surface area contributed by atoms with Crippen LogP contribution in [0, 0.1) is 4.91 Å². The van der Waals surface area contributed by atoms with Crippen LogP contribution in [0.2, 0.25) is 0 Å². The van der Waals surface area contributed by atoms with Gasteiger partial charge in [-0.3, -0.25) is 14.3 Å². The molecule has 3 N–H and O–H groups in total. The van der Waals surface area contributed by atoms with Crippen molar-refractivity contribution in [2.24, 2.45) is 5.18 Å². The standard InChI is InChI=1S/C12H12N4O3/c13-10-9(15-19)11(17)14-12(18)16(10)7-6-8-4-2-1-3-5-8/h1-5H,6-7,13H2,(H,14,17,18). The number of aromatic amines is 1. The van der Waals surface area contributed by atoms with Crippen molar-refractivity contribution in [3.8, 4) is 0 Å². The van der Waals surface area contributed by atoms with Crippen molar-refractivity contribution in [1.29, 1.82) is 0 Å². The van der Waals surface area contributed by atoms with E-state index < -0.39 is 16.9 Å². The number of benzene rings is 1. The Balaban J connectivity index is 2.33. The minimum Gasteiger partial charge on any atom is -0.383 e. The molecule has 1 aromatic heterocycles. The van der Waals surface area contributed by atoms with Crippen LogP contribution >= 0.6 is 0 Å². The van der Waals surface area contributed by atoms with Gasteiger partial charge >= 0.3 is 5.69 Å². The highest BCUT2D eigenvalue weighted by molar-refractivity contribution is 5.55. The summed E-state index contributed by atoms with van der Waals surface area (Å²) >= 11 is 0. The van der Waals surface area contributed by atoms with Crippen LogP contribution in [-0.4, -0.2) is 9.55 Å². The summed E-state index contributed by atoms with van der Waals surface area (Å²) in [5.74, 6) is -0.209. The number of rotatable bonds is 4. The Hall–Kier alpha value is -2.70. The zero-order chi connectivity index (χ0) is 13.8. The van der Waals surface area contributed by atoms with Gasteiger partial charge in [-0.05, 0) is 17.2 Å². The van der Waals surface area contributed by atoms with Crippen LogP contribution in [-0.2, 0) is 13.0 Å². The summed E-state index contributed by atoms with van der Waals surface area (Å²) in [6, 6.07) is 9.47. The van der Waals surface area contributed by atoms with Gasteiger partial charge in [0, 0.05) is 6.54 Å². The quantitative estimate of drug-likeness (QED) is 0.790. The molecule has 0 atom stereocenters. The number of nitrogens with zero attached hydrogens (tertiary/aromatic N) is 2. The second kappa shape index (κ2) is 5.30. The summed E-state index contributed by atoms with van der Waals surface area (Å²) in [5.41, 5.74) is 4.64. The molecule has 0 aliphatic carbocycles. The van der Waals surface area contributed by atoms with Crippen LogP contribution < -0.4 is 17.0 Å². The molecule has 0 spiro atoms. The number of hydrogen-bond donors (Lipinski definition) is 2. The molecule has 2 aromatic rings. The Kier molecular flexibility index (Phi) is 3.56. The smallest absolute Gasteiger partial charge is 0.330 e. The minimum absolute atomic E-state index is 0.209. The monoisotopic (exact) mass is 260 g/mol. The molecule has 1 heterocycles. The van der Waals surface area contributed by atoms with Gasteiger partial charge in [0.25, 0.3) is 5.56 Å². The highest BCUT2D eigenvalue weighted by Crippen LogP contribution is 2.13. The maximum Gasteiger partial charge on any atom is 0.330 e. The van der Waals surface area contributed by atoms with Crippen LogP contribution in [0.1, 0.15) is 5.56 Å². The average Bonchev–Trinajstić information content (AvgIpc) is 2.39. The van der Waals surface area contributed by atoms with Gasteiger partial charge in [-0.2, -0.15) is 0 Å². The third-order valence-electron chi connectivity index (χ3n) is 2.77. The van der Waals surface area contributed by atoms with E-state index in [-0.39, 0.29) is 12.4 Å². The van der Waals surface area contributed by atoms with Crippen LogP contribution in [0.5, 0.6) is 0 Å². The first-order chi connectivity index (χ1) is 9.13. The summed E-state index contributed by atoms with van der Waals surface area (Å²) < 4.78 is 1.13. The van der Waals surface area contributed by atoms with Gasteiger partial charge in [-0.15, -0.1) is 4.91 Å². The molecule has 0 fully saturated rings. The third kappa shape index (κ3) is 2.59. The molecule has 0 radical (unpaired) electrons. The number of hydrogen-bond acceptors (Lipinski definition) is 5. The molecule has 98 valence electrons. The van der Waals surface area contributed by atoms with Gasteiger partial charge in [0.15, 0.2) is 0 Å². The number of nitrogens with two attached hydrogens (primary N) is 1. The number of anilines is 1. The number of nitroso groups, excluding NO2 is 1. The van der Waals surface area contributed by atoms with Crippen LogP contribution in [0.15, 0.2) is 45.1 Å². The van der Waals surface area contributed by atoms with E-state index in [2.05, 4.69) is 5.18 Å². The molecular weight excluding hydrogens is 248 g/mol. The van der Waals surface area contributed by atoms with Gasteiger partial charge < -0.3 is 5.73 Å². The zero-order valence-corrected chi connectivity index (χ0v) is 10.00. The number of aromatic nitrogens is 2. The second-order valence-corrected chi connectivity index (χ2v) is 3.97. The lowest BCUT2D eigenvalue weighted by Gasteiger charge is -2.09. The van der Waals surface area contributed by atoms with E-state index in [0.29, 0.717) is 6.42 Å². The van der Waals surface area contributed by atoms with E-state index in [1.165, 1.54) is 0 Å². The van der Waals surface area contributed by atoms with E-state index in [1.807, 2.05) is 35.3 Å². The molecule has 2 rings (SSSR count). The van der Waals surface area contributed by atoms with E-state index in [0.717, 1.165) is 10.1 Å². The first-order valence-corrected chi connectivity index (χ1v) is 5.63. The minimum atomic E-state index is -0.867. The van der Waals surface area contributed by atoms with E-state index in [1.54, 1.807) is 0 Å². The molecule has 0 saturated heterocycles. The van der Waals surface area contributed by atoms with E-state index in [9.17, 15) is 14.5 Å². The number of H-pyrrole nitrogens is 1. The molecule has 0 aliphatic rings. The molecule has 0 unspecified atom stereocenters. The van der Waals surface area contributed by atoms with Gasteiger partial charge in [0.2, 0.25) is 5.69 Å². The molecule has 0 saturated carbocycles. The molecule has 0 bridgehead atoms. The Morgan fingerprint density at radius 1 is 1.21 bits per heavy atom. The number of nitrogens with one attached hydrogen (secondary N) is 1. The van der Waals surface area contributed by atoms with Crippen LogP contribution in [0.25, 0.3) is 0 Å². The molecule has 7 nitrogen and oxygen atoms in total. The van der Waals surface area contributed by atoms with Gasteiger partial charge in [0.05, 0.1) is 0 Å². The van der Waals surface area contributed by atoms with Gasteiger partial charge in [-0.25, -0.2) is 4.79 Å². The number of aryl methyl sites for hydroxylation is 1. The number of nitrogen functional groups attached to an aromatic ring is 1. The van der Waals surface area contributed by atoms with Crippen molar-refractivity contribution in [1.82, 2.24) is 9.55 Å². The van der Waals surface area contributed by atoms with Crippen molar-refractivity contribution >= 4 is 11.5 Å². The Bertz CT molecular complexity index is 703. The summed E-state index contributed by atoms with van der Waals surface area (Å²) in [6.07, 6.45) is 0.551. The SMILES string of the molecule is Nc1c(N=O)c(=O)[nH]c(=O)n1CCc1ccccc1. The summed E-state index contributed by atoms with van der Waals surface area (Å²) in [4.78, 5) is 35.4. The molecule has 0 amide bonds. The lowest BCUT2D eigenvalue weighted by atomic mass is 10.1. The highest BCUT2D eigenvalue weighted by Gasteiger charge is 2.12. The van der Waals surface area contributed by atoms with E-state index in [4.69, 9.17) is 5.73 Å². The first kappa shape index (κ1) is 12.7. The molecule has 0 aliphatic heterocycles. The van der Waals surface area contributed by atoms with Crippen molar-refractivity contribution < 1.29 is 0 Å². The van der Waals surface area contributed by atoms with E-state index >= 15 is 0 Å². The fraction of sp³-hybridized carbons (Fsp3) is 0.167. The van der Waals surface area contributed by atoms with Crippen molar-refractivity contribution in [2.45, 2.75) is 13.0 Å². The Morgan fingerprint density at radius 2 is 1.89 bits per heavy atom. The molecule has 1 aromatic carbocycles. The maximum atomic E-state index is 11.6. The average molecular weight is 260 g/mol. The predicted molar refractivity (Wildman–Crippen MR) is 71.3 cm³/mol. The summed E-state index contributed by atoms with van der Waals surface area (Å²) in [6.45, 7) is 0.258. The molecule has 7 heteroatoms. The largest absolute Gasteiger partial charge is 0.383 e. The third-order valence-corrected chi connectivity index (χ3v) is 2.77. The van der Waals surface area contributed by atoms with Crippen LogP contribution in [0.4, 0.5) is 11.5 Å². The predicted octanol–water partition coefficient (Wildman–Crippen LogP) is 0.759. The van der Waals surface area contributed by atoms with Gasteiger partial charge in [0.1, 0.15) is 5.82 Å². The van der Waals surface area contributed by atoms with Crippen molar-refractivity contribution in [3.05, 3.63) is 61.6 Å². The Labute approximate surface area is 107 Å². The lowest BCUT2D eigenvalue weighted by molar-refractivity contribution is 0.656. The first-order valence-electron chi connectivity index (χ1n) is 5.63. The fourth-order valence-corrected chi connectivity index (χ4v) is 1.77. The van der Waals surface area contributed by atoms with Gasteiger partial charge in [-0.1, -0.05) is 30.3 Å². The maximum absolute atomic E-state index is 11.6. The summed E-state index contributed by atoms with van der Waals surface area (Å²) in [5, 5.41) is 2.55. The fourth-order valence-electron chi connectivity index (χ4n) is 1.77. The second-order valence-electron chi connectivity index (χ2n) is 3.97. The lowest BCUT2D eigenvalue weighted by Crippen LogP contribution is -2.32. The van der Waals surface area contributed by atoms with Crippen molar-refractivity contribution in [3.63, 3.8) is 0 Å². The highest BCUT2D eigenvalue weighted by atomic mass is 16.3. The normalized spacial score (nSPS) is 10.3.